The topological polar surface area (TPSA) is 82.7 Å². The third-order valence-electron chi connectivity index (χ3n) is 0.593. The molecule has 0 aliphatic heterocycles. The Morgan fingerprint density at radius 3 is 2.80 bits per heavy atom. The summed E-state index contributed by atoms with van der Waals surface area (Å²) >= 11 is 0. The number of nitriles is 1. The summed E-state index contributed by atoms with van der Waals surface area (Å²) in [5, 5.41) is 19.3. The van der Waals surface area contributed by atoms with Crippen LogP contribution in [0.2, 0.25) is 0 Å². The quantitative estimate of drug-likeness (QED) is 0.443. The molecule has 0 unspecified atom stereocenters. The molecule has 0 amide bonds. The Balaban J connectivity index is 4.09. The fourth-order valence-electron chi connectivity index (χ4n) is 0.236. The van der Waals surface area contributed by atoms with E-state index in [1.807, 2.05) is 0 Å². The van der Waals surface area contributed by atoms with E-state index in [1.54, 1.807) is 6.92 Å². The van der Waals surface area contributed by atoms with Crippen molar-refractivity contribution in [1.29, 1.82) is 5.26 Å². The number of oxime groups is 1. The first kappa shape index (κ1) is 8.43. The fourth-order valence-corrected chi connectivity index (χ4v) is 0.236. The number of hydrogen-bond donors (Lipinski definition) is 1. The van der Waals surface area contributed by atoms with Crippen molar-refractivity contribution < 1.29 is 14.7 Å². The van der Waals surface area contributed by atoms with Gasteiger partial charge in [-0.3, -0.25) is 0 Å². The van der Waals surface area contributed by atoms with Crippen molar-refractivity contribution in [3.8, 4) is 6.07 Å². The number of hydrogen-bond acceptors (Lipinski definition) is 4. The van der Waals surface area contributed by atoms with Crippen molar-refractivity contribution in [2.75, 3.05) is 6.61 Å². The molecule has 0 aromatic heterocycles. The van der Waals surface area contributed by atoms with Crippen molar-refractivity contribution in [2.24, 2.45) is 5.16 Å². The molecule has 5 nitrogen and oxygen atoms in total. The number of aliphatic carboxylic acids is 1. The summed E-state index contributed by atoms with van der Waals surface area (Å²) < 4.78 is 0. The van der Waals surface area contributed by atoms with Crippen LogP contribution >= 0.6 is 0 Å². The average molecular weight is 142 g/mol. The van der Waals surface area contributed by atoms with Crippen LogP contribution in [0.15, 0.2) is 5.16 Å². The van der Waals surface area contributed by atoms with Crippen LogP contribution < -0.4 is 0 Å². The highest BCUT2D eigenvalue weighted by Crippen LogP contribution is 1.79. The van der Waals surface area contributed by atoms with Gasteiger partial charge in [0.05, 0.1) is 0 Å². The van der Waals surface area contributed by atoms with Crippen LogP contribution in [0.5, 0.6) is 0 Å². The molecule has 0 spiro atoms. The maximum Gasteiger partial charge on any atom is 0.369 e. The molecule has 0 atom stereocenters. The van der Waals surface area contributed by atoms with Gasteiger partial charge in [-0.1, -0.05) is 5.16 Å². The Bertz CT molecular complexity index is 192. The smallest absolute Gasteiger partial charge is 0.369 e. The fraction of sp³-hybridized carbons (Fsp3) is 0.400. The molecular weight excluding hydrogens is 136 g/mol. The zero-order valence-corrected chi connectivity index (χ0v) is 5.37. The second kappa shape index (κ2) is 4.32. The predicted molar refractivity (Wildman–Crippen MR) is 32.3 cm³/mol. The van der Waals surface area contributed by atoms with Crippen LogP contribution in [-0.4, -0.2) is 23.4 Å². The van der Waals surface area contributed by atoms with Gasteiger partial charge in [0.15, 0.2) is 0 Å². The highest BCUT2D eigenvalue weighted by Gasteiger charge is 2.07. The normalized spacial score (nSPS) is 10.2. The van der Waals surface area contributed by atoms with E-state index in [4.69, 9.17) is 10.4 Å². The van der Waals surface area contributed by atoms with E-state index in [0.717, 1.165) is 0 Å². The summed E-state index contributed by atoms with van der Waals surface area (Å²) in [6, 6.07) is 1.36. The lowest BCUT2D eigenvalue weighted by Gasteiger charge is -1.89. The van der Waals surface area contributed by atoms with E-state index in [2.05, 4.69) is 9.99 Å². The summed E-state index contributed by atoms with van der Waals surface area (Å²) in [6.07, 6.45) is 0. The molecule has 0 rings (SSSR count). The molecular formula is C5H6N2O3. The first-order valence-corrected chi connectivity index (χ1v) is 2.55. The molecule has 0 fully saturated rings. The molecule has 54 valence electrons. The monoisotopic (exact) mass is 142 g/mol. The van der Waals surface area contributed by atoms with Crippen molar-refractivity contribution in [2.45, 2.75) is 6.92 Å². The largest absolute Gasteiger partial charge is 0.476 e. The highest BCUT2D eigenvalue weighted by atomic mass is 16.6. The molecule has 0 aromatic rings. The van der Waals surface area contributed by atoms with Crippen LogP contribution in [-0.2, 0) is 9.63 Å². The Morgan fingerprint density at radius 2 is 2.50 bits per heavy atom. The van der Waals surface area contributed by atoms with Gasteiger partial charge in [0.2, 0.25) is 0 Å². The molecule has 0 radical (unpaired) electrons. The third kappa shape index (κ3) is 2.67. The van der Waals surface area contributed by atoms with Crippen LogP contribution in [0.1, 0.15) is 6.92 Å². The van der Waals surface area contributed by atoms with Gasteiger partial charge in [-0.25, -0.2) is 4.79 Å². The van der Waals surface area contributed by atoms with E-state index < -0.39 is 11.7 Å². The van der Waals surface area contributed by atoms with Gasteiger partial charge in [-0.15, -0.1) is 0 Å². The Morgan fingerprint density at radius 1 is 1.90 bits per heavy atom. The summed E-state index contributed by atoms with van der Waals surface area (Å²) in [6.45, 7) is 1.89. The van der Waals surface area contributed by atoms with Gasteiger partial charge in [-0.2, -0.15) is 5.26 Å². The first-order valence-electron chi connectivity index (χ1n) is 2.55. The summed E-state index contributed by atoms with van der Waals surface area (Å²) in [4.78, 5) is 14.3. The van der Waals surface area contributed by atoms with Crippen LogP contribution in [0, 0.1) is 11.3 Å². The van der Waals surface area contributed by atoms with Crippen molar-refractivity contribution in [1.82, 2.24) is 0 Å². The van der Waals surface area contributed by atoms with Gasteiger partial charge in [0, 0.05) is 0 Å². The number of nitrogens with zero attached hydrogens (tertiary/aromatic N) is 2. The lowest BCUT2D eigenvalue weighted by molar-refractivity contribution is -0.129. The standard InChI is InChI=1S/C5H6N2O3/c1-2-10-7-4(3-6)5(8)9/h2H2,1H3,(H,8,9). The predicted octanol–water partition coefficient (Wildman–Crippen LogP) is -0.0129. The average Bonchev–Trinajstić information content (AvgIpc) is 1.89. The lowest BCUT2D eigenvalue weighted by atomic mass is 10.4. The highest BCUT2D eigenvalue weighted by molar-refractivity contribution is 6.42. The Hall–Kier alpha value is -1.57. The molecule has 0 heterocycles. The lowest BCUT2D eigenvalue weighted by Crippen LogP contribution is -2.10. The summed E-state index contributed by atoms with van der Waals surface area (Å²) in [5.41, 5.74) is -0.637. The maximum absolute atomic E-state index is 10.0. The van der Waals surface area contributed by atoms with Crippen molar-refractivity contribution >= 4 is 11.7 Å². The van der Waals surface area contributed by atoms with Gasteiger partial charge in [0.25, 0.3) is 5.71 Å². The van der Waals surface area contributed by atoms with Crippen molar-refractivity contribution in [3.05, 3.63) is 0 Å². The minimum atomic E-state index is -1.38. The van der Waals surface area contributed by atoms with Crippen LogP contribution in [0.4, 0.5) is 0 Å². The molecule has 0 aromatic carbocycles. The van der Waals surface area contributed by atoms with Crippen LogP contribution in [0.3, 0.4) is 0 Å². The molecule has 0 bridgehead atoms. The Labute approximate surface area is 57.5 Å². The van der Waals surface area contributed by atoms with E-state index >= 15 is 0 Å². The van der Waals surface area contributed by atoms with E-state index in [1.165, 1.54) is 6.07 Å². The minimum absolute atomic E-state index is 0.248. The van der Waals surface area contributed by atoms with Gasteiger partial charge in [-0.05, 0) is 6.92 Å². The molecule has 0 saturated carbocycles. The molecule has 1 N–H and O–H groups in total. The molecule has 5 heteroatoms. The number of rotatable bonds is 3. The minimum Gasteiger partial charge on any atom is -0.476 e. The van der Waals surface area contributed by atoms with E-state index in [0.29, 0.717) is 0 Å². The zero-order chi connectivity index (χ0) is 7.98. The number of carbonyl (C=O) groups is 1. The van der Waals surface area contributed by atoms with Gasteiger partial charge >= 0.3 is 5.97 Å². The molecule has 10 heavy (non-hydrogen) atoms. The second-order valence-corrected chi connectivity index (χ2v) is 1.27. The van der Waals surface area contributed by atoms with E-state index in [-0.39, 0.29) is 6.61 Å². The molecule has 0 aliphatic carbocycles. The molecule has 0 aliphatic rings. The van der Waals surface area contributed by atoms with Gasteiger partial charge < -0.3 is 9.94 Å². The molecule has 0 saturated heterocycles. The number of carboxylic acids is 1. The third-order valence-corrected chi connectivity index (χ3v) is 0.593. The SMILES string of the molecule is CCON=C(C#N)C(=O)O. The second-order valence-electron chi connectivity index (χ2n) is 1.27. The number of carboxylic acid groups (broad SMARTS) is 1. The van der Waals surface area contributed by atoms with Crippen LogP contribution in [0.25, 0.3) is 0 Å². The van der Waals surface area contributed by atoms with Crippen molar-refractivity contribution in [3.63, 3.8) is 0 Å². The van der Waals surface area contributed by atoms with E-state index in [9.17, 15) is 4.79 Å². The zero-order valence-electron chi connectivity index (χ0n) is 5.37. The van der Waals surface area contributed by atoms with Gasteiger partial charge in [0.1, 0.15) is 12.7 Å². The summed E-state index contributed by atoms with van der Waals surface area (Å²) in [7, 11) is 0. The maximum atomic E-state index is 10.0. The Kier molecular flexibility index (Phi) is 3.64. The summed E-state index contributed by atoms with van der Waals surface area (Å²) in [5.74, 6) is -1.38. The first-order chi connectivity index (χ1) is 4.72.